The Morgan fingerprint density at radius 1 is 1.60 bits per heavy atom. The summed E-state index contributed by atoms with van der Waals surface area (Å²) in [6.07, 6.45) is 1.45. The molecule has 0 aliphatic carbocycles. The van der Waals surface area contributed by atoms with Crippen LogP contribution in [0.3, 0.4) is 0 Å². The van der Waals surface area contributed by atoms with Gasteiger partial charge in [-0.15, -0.1) is 0 Å². The van der Waals surface area contributed by atoms with Crippen molar-refractivity contribution in [1.29, 1.82) is 0 Å². The SMILES string of the molecule is COCC(=O)Nc1cnc(N)c(OC)c1. The summed E-state index contributed by atoms with van der Waals surface area (Å²) in [5, 5.41) is 2.58. The van der Waals surface area contributed by atoms with E-state index in [0.29, 0.717) is 11.4 Å². The number of nitrogens with one attached hydrogen (secondary N) is 1. The number of rotatable bonds is 4. The van der Waals surface area contributed by atoms with Crippen molar-refractivity contribution in [2.45, 2.75) is 0 Å². The van der Waals surface area contributed by atoms with Crippen molar-refractivity contribution in [2.24, 2.45) is 0 Å². The zero-order valence-electron chi connectivity index (χ0n) is 8.61. The molecule has 0 aliphatic rings. The van der Waals surface area contributed by atoms with Crippen molar-refractivity contribution in [3.8, 4) is 5.75 Å². The molecular weight excluding hydrogens is 198 g/mol. The number of nitrogen functional groups attached to an aromatic ring is 1. The van der Waals surface area contributed by atoms with E-state index in [9.17, 15) is 4.79 Å². The maximum absolute atomic E-state index is 11.2. The fourth-order valence-corrected chi connectivity index (χ4v) is 1.02. The van der Waals surface area contributed by atoms with Gasteiger partial charge >= 0.3 is 0 Å². The van der Waals surface area contributed by atoms with Crippen LogP contribution in [-0.2, 0) is 9.53 Å². The fourth-order valence-electron chi connectivity index (χ4n) is 1.02. The summed E-state index contributed by atoms with van der Waals surface area (Å²) in [5.74, 6) is 0.443. The lowest BCUT2D eigenvalue weighted by Crippen LogP contribution is -2.17. The molecule has 0 saturated heterocycles. The van der Waals surface area contributed by atoms with E-state index in [4.69, 9.17) is 10.5 Å². The first kappa shape index (κ1) is 11.3. The van der Waals surface area contributed by atoms with E-state index in [0.717, 1.165) is 0 Å². The van der Waals surface area contributed by atoms with Crippen LogP contribution in [0.5, 0.6) is 5.75 Å². The van der Waals surface area contributed by atoms with Crippen LogP contribution in [0.4, 0.5) is 11.5 Å². The minimum absolute atomic E-state index is 0.00725. The number of methoxy groups -OCH3 is 2. The summed E-state index contributed by atoms with van der Waals surface area (Å²) in [6.45, 7) is -0.00725. The molecule has 0 atom stereocenters. The van der Waals surface area contributed by atoms with Crippen LogP contribution in [0, 0.1) is 0 Å². The predicted molar refractivity (Wildman–Crippen MR) is 55.7 cm³/mol. The van der Waals surface area contributed by atoms with E-state index in [1.54, 1.807) is 6.07 Å². The third-order valence-electron chi connectivity index (χ3n) is 1.66. The van der Waals surface area contributed by atoms with E-state index in [1.807, 2.05) is 0 Å². The van der Waals surface area contributed by atoms with Crippen molar-refractivity contribution >= 4 is 17.4 Å². The molecule has 0 saturated carbocycles. The summed E-state index contributed by atoms with van der Waals surface area (Å²) in [7, 11) is 2.93. The summed E-state index contributed by atoms with van der Waals surface area (Å²) in [6, 6.07) is 1.59. The third-order valence-corrected chi connectivity index (χ3v) is 1.66. The van der Waals surface area contributed by atoms with Crippen LogP contribution in [0.15, 0.2) is 12.3 Å². The average molecular weight is 211 g/mol. The zero-order valence-corrected chi connectivity index (χ0v) is 8.61. The van der Waals surface area contributed by atoms with Crippen molar-refractivity contribution in [3.63, 3.8) is 0 Å². The molecule has 82 valence electrons. The van der Waals surface area contributed by atoms with Crippen LogP contribution in [0.25, 0.3) is 0 Å². The first-order valence-electron chi connectivity index (χ1n) is 4.25. The number of amides is 1. The van der Waals surface area contributed by atoms with Crippen molar-refractivity contribution in [2.75, 3.05) is 31.9 Å². The second-order valence-electron chi connectivity index (χ2n) is 2.79. The first-order valence-corrected chi connectivity index (χ1v) is 4.25. The van der Waals surface area contributed by atoms with E-state index in [2.05, 4.69) is 15.0 Å². The van der Waals surface area contributed by atoms with Gasteiger partial charge in [0.1, 0.15) is 6.61 Å². The highest BCUT2D eigenvalue weighted by Gasteiger charge is 2.05. The number of hydrogen-bond donors (Lipinski definition) is 2. The topological polar surface area (TPSA) is 86.5 Å². The van der Waals surface area contributed by atoms with Gasteiger partial charge in [0.05, 0.1) is 19.0 Å². The third kappa shape index (κ3) is 3.10. The Hall–Kier alpha value is -1.82. The Morgan fingerprint density at radius 2 is 2.33 bits per heavy atom. The van der Waals surface area contributed by atoms with Gasteiger partial charge in [0.25, 0.3) is 0 Å². The first-order chi connectivity index (χ1) is 7.17. The molecule has 1 aromatic rings. The van der Waals surface area contributed by atoms with Gasteiger partial charge in [-0.3, -0.25) is 4.79 Å². The minimum Gasteiger partial charge on any atom is -0.493 e. The lowest BCUT2D eigenvalue weighted by atomic mass is 10.3. The molecule has 0 spiro atoms. The fraction of sp³-hybridized carbons (Fsp3) is 0.333. The molecule has 3 N–H and O–H groups in total. The normalized spacial score (nSPS) is 9.73. The van der Waals surface area contributed by atoms with E-state index in [1.165, 1.54) is 20.4 Å². The number of nitrogens with two attached hydrogens (primary N) is 1. The molecule has 1 amide bonds. The minimum atomic E-state index is -0.258. The smallest absolute Gasteiger partial charge is 0.250 e. The second-order valence-corrected chi connectivity index (χ2v) is 2.79. The summed E-state index contributed by atoms with van der Waals surface area (Å²) >= 11 is 0. The standard InChI is InChI=1S/C9H13N3O3/c1-14-5-8(13)12-6-3-7(15-2)9(10)11-4-6/h3-4H,5H2,1-2H3,(H2,10,11)(H,12,13). The Labute approximate surface area is 87.4 Å². The lowest BCUT2D eigenvalue weighted by molar-refractivity contribution is -0.119. The molecule has 6 heteroatoms. The highest BCUT2D eigenvalue weighted by molar-refractivity contribution is 5.91. The molecule has 6 nitrogen and oxygen atoms in total. The van der Waals surface area contributed by atoms with Crippen LogP contribution in [-0.4, -0.2) is 31.7 Å². The maximum atomic E-state index is 11.2. The molecule has 0 aromatic carbocycles. The highest BCUT2D eigenvalue weighted by Crippen LogP contribution is 2.21. The molecule has 1 heterocycles. The Kier molecular flexibility index (Phi) is 3.87. The number of hydrogen-bond acceptors (Lipinski definition) is 5. The largest absolute Gasteiger partial charge is 0.493 e. The Morgan fingerprint density at radius 3 is 2.93 bits per heavy atom. The molecule has 0 fully saturated rings. The summed E-state index contributed by atoms with van der Waals surface area (Å²) in [4.78, 5) is 15.0. The molecule has 15 heavy (non-hydrogen) atoms. The second kappa shape index (κ2) is 5.16. The van der Waals surface area contributed by atoms with Gasteiger partial charge in [0.15, 0.2) is 11.6 Å². The van der Waals surface area contributed by atoms with Crippen LogP contribution in [0.1, 0.15) is 0 Å². The van der Waals surface area contributed by atoms with E-state index >= 15 is 0 Å². The molecule has 0 radical (unpaired) electrons. The van der Waals surface area contributed by atoms with Crippen LogP contribution in [0.2, 0.25) is 0 Å². The van der Waals surface area contributed by atoms with Crippen LogP contribution < -0.4 is 15.8 Å². The van der Waals surface area contributed by atoms with Gasteiger partial charge in [0.2, 0.25) is 5.91 Å². The molecular formula is C9H13N3O3. The molecule has 0 aliphatic heterocycles. The zero-order chi connectivity index (χ0) is 11.3. The number of pyridine rings is 1. The van der Waals surface area contributed by atoms with Gasteiger partial charge < -0.3 is 20.5 Å². The van der Waals surface area contributed by atoms with Crippen LogP contribution >= 0.6 is 0 Å². The van der Waals surface area contributed by atoms with Gasteiger partial charge in [-0.25, -0.2) is 4.98 Å². The molecule has 1 rings (SSSR count). The number of anilines is 2. The Bertz CT molecular complexity index is 354. The number of ether oxygens (including phenoxy) is 2. The van der Waals surface area contributed by atoms with Crippen molar-refractivity contribution in [3.05, 3.63) is 12.3 Å². The maximum Gasteiger partial charge on any atom is 0.250 e. The Balaban J connectivity index is 2.74. The number of carbonyl (C=O) groups excluding carboxylic acids is 1. The molecule has 0 bridgehead atoms. The highest BCUT2D eigenvalue weighted by atomic mass is 16.5. The van der Waals surface area contributed by atoms with Gasteiger partial charge in [-0.1, -0.05) is 0 Å². The van der Waals surface area contributed by atoms with E-state index < -0.39 is 0 Å². The number of aromatic nitrogens is 1. The van der Waals surface area contributed by atoms with Gasteiger partial charge in [0, 0.05) is 13.2 Å². The monoisotopic (exact) mass is 211 g/mol. The molecule has 0 unspecified atom stereocenters. The van der Waals surface area contributed by atoms with Gasteiger partial charge in [-0.2, -0.15) is 0 Å². The predicted octanol–water partition coefficient (Wildman–Crippen LogP) is 0.257. The van der Waals surface area contributed by atoms with Gasteiger partial charge in [-0.05, 0) is 0 Å². The van der Waals surface area contributed by atoms with E-state index in [-0.39, 0.29) is 18.3 Å². The number of carbonyl (C=O) groups is 1. The molecule has 1 aromatic heterocycles. The quantitative estimate of drug-likeness (QED) is 0.745. The van der Waals surface area contributed by atoms with Crippen molar-refractivity contribution in [1.82, 2.24) is 4.98 Å². The lowest BCUT2D eigenvalue weighted by Gasteiger charge is -2.07. The van der Waals surface area contributed by atoms with Crippen molar-refractivity contribution < 1.29 is 14.3 Å². The number of nitrogens with zero attached hydrogens (tertiary/aromatic N) is 1. The summed E-state index contributed by atoms with van der Waals surface area (Å²) < 4.78 is 9.62. The average Bonchev–Trinajstić information content (AvgIpc) is 2.21. The summed E-state index contributed by atoms with van der Waals surface area (Å²) in [5.41, 5.74) is 6.03.